The van der Waals surface area contributed by atoms with Crippen molar-refractivity contribution in [2.75, 3.05) is 5.75 Å². The van der Waals surface area contributed by atoms with Crippen molar-refractivity contribution >= 4 is 12.6 Å². The molecule has 1 heterocycles. The lowest BCUT2D eigenvalue weighted by atomic mass is 10.1. The predicted molar refractivity (Wildman–Crippen MR) is 70.2 cm³/mol. The highest BCUT2D eigenvalue weighted by molar-refractivity contribution is 7.80. The van der Waals surface area contributed by atoms with Gasteiger partial charge in [0.15, 0.2) is 0 Å². The predicted octanol–water partition coefficient (Wildman–Crippen LogP) is 2.21. The molecule has 0 N–H and O–H groups in total. The molecule has 0 bridgehead atoms. The number of hydrogen-bond acceptors (Lipinski definition) is 3. The van der Waals surface area contributed by atoms with E-state index in [9.17, 15) is 4.79 Å². The Morgan fingerprint density at radius 3 is 2.69 bits per heavy atom. The van der Waals surface area contributed by atoms with E-state index in [1.807, 2.05) is 13.8 Å². The molecular formula is C12H20N2OS. The van der Waals surface area contributed by atoms with Crippen LogP contribution in [0, 0.1) is 19.8 Å². The molecule has 0 saturated heterocycles. The molecule has 0 radical (unpaired) electrons. The summed E-state index contributed by atoms with van der Waals surface area (Å²) in [6.45, 7) is 6.69. The van der Waals surface area contributed by atoms with Crippen LogP contribution in [0.5, 0.6) is 0 Å². The molecule has 16 heavy (non-hydrogen) atoms. The van der Waals surface area contributed by atoms with Gasteiger partial charge in [-0.3, -0.25) is 9.36 Å². The molecule has 1 aromatic heterocycles. The molecule has 1 unspecified atom stereocenters. The molecular weight excluding hydrogens is 220 g/mol. The Kier molecular flexibility index (Phi) is 5.06. The van der Waals surface area contributed by atoms with E-state index in [4.69, 9.17) is 0 Å². The SMILES string of the molecule is Cc1cc(=O)n(CCC(C)CCS)c(C)n1. The number of nitrogens with zero attached hydrogens (tertiary/aromatic N) is 2. The zero-order chi connectivity index (χ0) is 12.1. The third kappa shape index (κ3) is 3.67. The standard InChI is InChI=1S/C12H20N2OS/c1-9(5-7-16)4-6-14-11(3)13-10(2)8-12(14)15/h8-9,16H,4-7H2,1-3H3. The summed E-state index contributed by atoms with van der Waals surface area (Å²) >= 11 is 4.21. The maximum absolute atomic E-state index is 11.7. The fraction of sp³-hybridized carbons (Fsp3) is 0.667. The summed E-state index contributed by atoms with van der Waals surface area (Å²) in [4.78, 5) is 16.0. The molecule has 0 aliphatic heterocycles. The Labute approximate surface area is 102 Å². The molecule has 0 aliphatic carbocycles. The van der Waals surface area contributed by atoms with Crippen LogP contribution in [0.15, 0.2) is 10.9 Å². The Bertz CT molecular complexity index is 400. The van der Waals surface area contributed by atoms with Crippen LogP contribution in [0.1, 0.15) is 31.3 Å². The highest BCUT2D eigenvalue weighted by Crippen LogP contribution is 2.09. The van der Waals surface area contributed by atoms with E-state index in [-0.39, 0.29) is 5.56 Å². The molecule has 0 aliphatic rings. The fourth-order valence-corrected chi connectivity index (χ4v) is 2.19. The molecule has 0 aromatic carbocycles. The summed E-state index contributed by atoms with van der Waals surface area (Å²) in [5.41, 5.74) is 0.852. The first-order valence-electron chi connectivity index (χ1n) is 5.70. The molecule has 4 heteroatoms. The van der Waals surface area contributed by atoms with Crippen LogP contribution >= 0.6 is 12.6 Å². The second kappa shape index (κ2) is 6.09. The van der Waals surface area contributed by atoms with Crippen molar-refractivity contribution in [1.82, 2.24) is 9.55 Å². The average Bonchev–Trinajstić information content (AvgIpc) is 2.16. The minimum Gasteiger partial charge on any atom is -0.297 e. The van der Waals surface area contributed by atoms with Gasteiger partial charge in [0.1, 0.15) is 5.82 Å². The number of aryl methyl sites for hydroxylation is 2. The van der Waals surface area contributed by atoms with E-state index in [2.05, 4.69) is 24.5 Å². The Morgan fingerprint density at radius 2 is 2.12 bits per heavy atom. The molecule has 0 spiro atoms. The number of thiol groups is 1. The third-order valence-corrected chi connectivity index (χ3v) is 3.05. The summed E-state index contributed by atoms with van der Waals surface area (Å²) in [6.07, 6.45) is 2.10. The molecule has 90 valence electrons. The Balaban J connectivity index is 2.71. The van der Waals surface area contributed by atoms with Crippen LogP contribution < -0.4 is 5.56 Å². The molecule has 0 fully saturated rings. The van der Waals surface area contributed by atoms with Crippen LogP contribution in [0.25, 0.3) is 0 Å². The topological polar surface area (TPSA) is 34.9 Å². The summed E-state index contributed by atoms with van der Waals surface area (Å²) in [5, 5.41) is 0. The Morgan fingerprint density at radius 1 is 1.44 bits per heavy atom. The van der Waals surface area contributed by atoms with Crippen molar-refractivity contribution in [3.05, 3.63) is 27.9 Å². The smallest absolute Gasteiger partial charge is 0.253 e. The lowest BCUT2D eigenvalue weighted by Crippen LogP contribution is -2.24. The van der Waals surface area contributed by atoms with Crippen LogP contribution in [-0.4, -0.2) is 15.3 Å². The molecule has 3 nitrogen and oxygen atoms in total. The van der Waals surface area contributed by atoms with Crippen molar-refractivity contribution in [2.45, 2.75) is 40.2 Å². The van der Waals surface area contributed by atoms with E-state index < -0.39 is 0 Å². The molecule has 1 aromatic rings. The number of aromatic nitrogens is 2. The normalized spacial score (nSPS) is 12.8. The quantitative estimate of drug-likeness (QED) is 0.801. The maximum Gasteiger partial charge on any atom is 0.253 e. The first-order valence-corrected chi connectivity index (χ1v) is 6.33. The van der Waals surface area contributed by atoms with Crippen LogP contribution in [0.4, 0.5) is 0 Å². The first kappa shape index (κ1) is 13.3. The van der Waals surface area contributed by atoms with Gasteiger partial charge in [-0.05, 0) is 38.4 Å². The lowest BCUT2D eigenvalue weighted by Gasteiger charge is -2.13. The fourth-order valence-electron chi connectivity index (χ4n) is 1.75. The molecule has 0 saturated carbocycles. The van der Waals surface area contributed by atoms with Gasteiger partial charge in [-0.2, -0.15) is 12.6 Å². The van der Waals surface area contributed by atoms with Crippen molar-refractivity contribution < 1.29 is 0 Å². The third-order valence-electron chi connectivity index (χ3n) is 2.79. The minimum absolute atomic E-state index is 0.0584. The second-order valence-electron chi connectivity index (χ2n) is 4.34. The van der Waals surface area contributed by atoms with Gasteiger partial charge in [-0.25, -0.2) is 4.98 Å². The van der Waals surface area contributed by atoms with E-state index >= 15 is 0 Å². The van der Waals surface area contributed by atoms with Crippen LogP contribution in [0.2, 0.25) is 0 Å². The number of rotatable bonds is 5. The van der Waals surface area contributed by atoms with Gasteiger partial charge in [0.05, 0.1) is 0 Å². The first-order chi connectivity index (χ1) is 7.54. The highest BCUT2D eigenvalue weighted by Gasteiger charge is 2.05. The summed E-state index contributed by atoms with van der Waals surface area (Å²) in [7, 11) is 0. The second-order valence-corrected chi connectivity index (χ2v) is 4.79. The van der Waals surface area contributed by atoms with Gasteiger partial charge < -0.3 is 0 Å². The Hall–Kier alpha value is -0.770. The number of hydrogen-bond donors (Lipinski definition) is 1. The van der Waals surface area contributed by atoms with Gasteiger partial charge in [-0.1, -0.05) is 6.92 Å². The maximum atomic E-state index is 11.7. The summed E-state index contributed by atoms with van der Waals surface area (Å²) in [6, 6.07) is 1.59. The van der Waals surface area contributed by atoms with Crippen LogP contribution in [-0.2, 0) is 6.54 Å². The van der Waals surface area contributed by atoms with Gasteiger partial charge >= 0.3 is 0 Å². The zero-order valence-electron chi connectivity index (χ0n) is 10.2. The monoisotopic (exact) mass is 240 g/mol. The van der Waals surface area contributed by atoms with Crippen molar-refractivity contribution in [1.29, 1.82) is 0 Å². The van der Waals surface area contributed by atoms with Crippen molar-refractivity contribution in [2.24, 2.45) is 5.92 Å². The van der Waals surface area contributed by atoms with Crippen molar-refractivity contribution in [3.63, 3.8) is 0 Å². The van der Waals surface area contributed by atoms with E-state index in [0.717, 1.165) is 36.7 Å². The summed E-state index contributed by atoms with van der Waals surface area (Å²) in [5.74, 6) is 2.31. The largest absolute Gasteiger partial charge is 0.297 e. The van der Waals surface area contributed by atoms with E-state index in [1.54, 1.807) is 10.6 Å². The van der Waals surface area contributed by atoms with Gasteiger partial charge in [0, 0.05) is 18.3 Å². The zero-order valence-corrected chi connectivity index (χ0v) is 11.1. The van der Waals surface area contributed by atoms with Gasteiger partial charge in [0.25, 0.3) is 5.56 Å². The molecule has 0 amide bonds. The average molecular weight is 240 g/mol. The van der Waals surface area contributed by atoms with Crippen molar-refractivity contribution in [3.8, 4) is 0 Å². The van der Waals surface area contributed by atoms with Gasteiger partial charge in [-0.15, -0.1) is 0 Å². The molecule has 1 atom stereocenters. The summed E-state index contributed by atoms with van der Waals surface area (Å²) < 4.78 is 1.75. The highest BCUT2D eigenvalue weighted by atomic mass is 32.1. The van der Waals surface area contributed by atoms with E-state index in [0.29, 0.717) is 5.92 Å². The van der Waals surface area contributed by atoms with Gasteiger partial charge in [0.2, 0.25) is 0 Å². The van der Waals surface area contributed by atoms with E-state index in [1.165, 1.54) is 0 Å². The molecule has 1 rings (SSSR count). The minimum atomic E-state index is 0.0584. The van der Waals surface area contributed by atoms with Crippen LogP contribution in [0.3, 0.4) is 0 Å². The lowest BCUT2D eigenvalue weighted by molar-refractivity contribution is 0.457.